The molecule has 0 aliphatic rings. The van der Waals surface area contributed by atoms with Crippen LogP contribution in [0.2, 0.25) is 0 Å². The minimum atomic E-state index is -0.326. The average molecular weight is 325 g/mol. The highest BCUT2D eigenvalue weighted by Crippen LogP contribution is 2.16. The van der Waals surface area contributed by atoms with E-state index in [1.54, 1.807) is 12.1 Å². The molecule has 0 unspecified atom stereocenters. The fraction of sp³-hybridized carbons (Fsp3) is 0.167. The van der Waals surface area contributed by atoms with E-state index in [0.29, 0.717) is 30.1 Å². The minimum absolute atomic E-state index is 0.0830. The molecule has 6 heteroatoms. The van der Waals surface area contributed by atoms with Gasteiger partial charge in [0.1, 0.15) is 5.82 Å². The zero-order valence-corrected chi connectivity index (χ0v) is 12.9. The second-order valence-electron chi connectivity index (χ2n) is 5.28. The Morgan fingerprint density at radius 2 is 1.83 bits per heavy atom. The Morgan fingerprint density at radius 3 is 2.58 bits per heavy atom. The van der Waals surface area contributed by atoms with Crippen molar-refractivity contribution in [2.45, 2.75) is 19.4 Å². The fourth-order valence-electron chi connectivity index (χ4n) is 2.21. The first-order chi connectivity index (χ1) is 11.7. The molecular weight excluding hydrogens is 309 g/mol. The van der Waals surface area contributed by atoms with E-state index in [9.17, 15) is 9.18 Å². The highest BCUT2D eigenvalue weighted by Gasteiger charge is 2.10. The van der Waals surface area contributed by atoms with Crippen LogP contribution in [0.4, 0.5) is 4.39 Å². The van der Waals surface area contributed by atoms with Gasteiger partial charge in [-0.2, -0.15) is 4.98 Å². The lowest BCUT2D eigenvalue weighted by Gasteiger charge is -2.02. The van der Waals surface area contributed by atoms with Crippen LogP contribution in [0.3, 0.4) is 0 Å². The second-order valence-corrected chi connectivity index (χ2v) is 5.28. The summed E-state index contributed by atoms with van der Waals surface area (Å²) in [6.45, 7) is 0.168. The molecule has 5 nitrogen and oxygen atoms in total. The van der Waals surface area contributed by atoms with Crippen LogP contribution in [0.15, 0.2) is 59.1 Å². The molecular formula is C18H16FN3O2. The largest absolute Gasteiger partial charge is 0.347 e. The molecule has 2 aromatic carbocycles. The number of aryl methyl sites for hydroxylation is 1. The third kappa shape index (κ3) is 4.25. The lowest BCUT2D eigenvalue weighted by atomic mass is 10.1. The molecule has 1 heterocycles. The van der Waals surface area contributed by atoms with Crippen LogP contribution in [0.1, 0.15) is 17.9 Å². The number of benzene rings is 2. The third-order valence-electron chi connectivity index (χ3n) is 3.49. The van der Waals surface area contributed by atoms with Gasteiger partial charge in [0.05, 0.1) is 6.54 Å². The standard InChI is InChI=1S/C18H16FN3O2/c19-15-9-7-14(8-10-15)18-21-17(24-22-18)12-20-16(23)11-6-13-4-2-1-3-5-13/h1-5,7-10H,6,11-12H2,(H,20,23). The molecule has 1 N–H and O–H groups in total. The summed E-state index contributed by atoms with van der Waals surface area (Å²) >= 11 is 0. The fourth-order valence-corrected chi connectivity index (χ4v) is 2.21. The third-order valence-corrected chi connectivity index (χ3v) is 3.49. The Kier molecular flexibility index (Phi) is 4.96. The zero-order valence-electron chi connectivity index (χ0n) is 12.9. The summed E-state index contributed by atoms with van der Waals surface area (Å²) in [4.78, 5) is 16.0. The number of hydrogen-bond donors (Lipinski definition) is 1. The van der Waals surface area contributed by atoms with Crippen LogP contribution in [-0.2, 0) is 17.8 Å². The molecule has 24 heavy (non-hydrogen) atoms. The Morgan fingerprint density at radius 1 is 1.08 bits per heavy atom. The summed E-state index contributed by atoms with van der Waals surface area (Å²) in [7, 11) is 0. The smallest absolute Gasteiger partial charge is 0.246 e. The Hall–Kier alpha value is -3.02. The van der Waals surface area contributed by atoms with Crippen molar-refractivity contribution in [2.75, 3.05) is 0 Å². The summed E-state index contributed by atoms with van der Waals surface area (Å²) in [5, 5.41) is 6.58. The zero-order chi connectivity index (χ0) is 16.8. The highest BCUT2D eigenvalue weighted by atomic mass is 19.1. The molecule has 0 bridgehead atoms. The van der Waals surface area contributed by atoms with Crippen molar-refractivity contribution in [3.05, 3.63) is 71.9 Å². The molecule has 1 amide bonds. The SMILES string of the molecule is O=C(CCc1ccccc1)NCc1nc(-c2ccc(F)cc2)no1. The van der Waals surface area contributed by atoms with Gasteiger partial charge in [-0.05, 0) is 36.2 Å². The van der Waals surface area contributed by atoms with Gasteiger partial charge in [-0.1, -0.05) is 35.5 Å². The Labute approximate surface area is 138 Å². The second kappa shape index (κ2) is 7.50. The van der Waals surface area contributed by atoms with Crippen molar-refractivity contribution in [2.24, 2.45) is 0 Å². The predicted molar refractivity (Wildman–Crippen MR) is 86.3 cm³/mol. The molecule has 3 rings (SSSR count). The molecule has 0 aliphatic heterocycles. The number of amides is 1. The van der Waals surface area contributed by atoms with Crippen molar-refractivity contribution in [1.82, 2.24) is 15.5 Å². The molecule has 0 saturated heterocycles. The maximum atomic E-state index is 12.9. The Bertz CT molecular complexity index is 801. The van der Waals surface area contributed by atoms with Crippen molar-refractivity contribution in [3.63, 3.8) is 0 Å². The lowest BCUT2D eigenvalue weighted by molar-refractivity contribution is -0.121. The van der Waals surface area contributed by atoms with Gasteiger partial charge in [-0.15, -0.1) is 0 Å². The molecule has 0 saturated carbocycles. The van der Waals surface area contributed by atoms with E-state index in [-0.39, 0.29) is 18.3 Å². The number of aromatic nitrogens is 2. The van der Waals surface area contributed by atoms with Crippen LogP contribution in [0.5, 0.6) is 0 Å². The Balaban J connectivity index is 1.50. The van der Waals surface area contributed by atoms with Gasteiger partial charge in [0.15, 0.2) is 0 Å². The van der Waals surface area contributed by atoms with E-state index in [0.717, 1.165) is 5.56 Å². The van der Waals surface area contributed by atoms with E-state index < -0.39 is 0 Å². The van der Waals surface area contributed by atoms with Gasteiger partial charge < -0.3 is 9.84 Å². The van der Waals surface area contributed by atoms with E-state index in [2.05, 4.69) is 15.5 Å². The molecule has 3 aromatic rings. The maximum absolute atomic E-state index is 12.9. The number of halogens is 1. The normalized spacial score (nSPS) is 10.5. The van der Waals surface area contributed by atoms with Crippen LogP contribution < -0.4 is 5.32 Å². The highest BCUT2D eigenvalue weighted by molar-refractivity contribution is 5.76. The van der Waals surface area contributed by atoms with E-state index in [4.69, 9.17) is 4.52 Å². The summed E-state index contributed by atoms with van der Waals surface area (Å²) in [5.74, 6) is 0.263. The van der Waals surface area contributed by atoms with Crippen molar-refractivity contribution in [1.29, 1.82) is 0 Å². The molecule has 122 valence electrons. The maximum Gasteiger partial charge on any atom is 0.246 e. The topological polar surface area (TPSA) is 68.0 Å². The number of rotatable bonds is 6. The van der Waals surface area contributed by atoms with Crippen LogP contribution in [0.25, 0.3) is 11.4 Å². The van der Waals surface area contributed by atoms with Gasteiger partial charge >= 0.3 is 0 Å². The summed E-state index contributed by atoms with van der Waals surface area (Å²) < 4.78 is 18.0. The monoisotopic (exact) mass is 325 g/mol. The molecule has 0 fully saturated rings. The van der Waals surface area contributed by atoms with Crippen molar-refractivity contribution >= 4 is 5.91 Å². The molecule has 1 aromatic heterocycles. The number of nitrogens with zero attached hydrogens (tertiary/aromatic N) is 2. The predicted octanol–water partition coefficient (Wildman–Crippen LogP) is 3.12. The van der Waals surface area contributed by atoms with Crippen LogP contribution in [-0.4, -0.2) is 16.0 Å². The lowest BCUT2D eigenvalue weighted by Crippen LogP contribution is -2.23. The minimum Gasteiger partial charge on any atom is -0.347 e. The van der Waals surface area contributed by atoms with E-state index in [1.165, 1.54) is 12.1 Å². The first-order valence-electron chi connectivity index (χ1n) is 7.60. The van der Waals surface area contributed by atoms with Gasteiger partial charge in [0, 0.05) is 12.0 Å². The van der Waals surface area contributed by atoms with Crippen molar-refractivity contribution < 1.29 is 13.7 Å². The molecule has 0 atom stereocenters. The van der Waals surface area contributed by atoms with Gasteiger partial charge in [-0.3, -0.25) is 4.79 Å². The van der Waals surface area contributed by atoms with Gasteiger partial charge in [0.25, 0.3) is 0 Å². The number of carbonyl (C=O) groups is 1. The summed E-state index contributed by atoms with van der Waals surface area (Å²) in [6.07, 6.45) is 1.07. The van der Waals surface area contributed by atoms with E-state index >= 15 is 0 Å². The quantitative estimate of drug-likeness (QED) is 0.756. The van der Waals surface area contributed by atoms with Gasteiger partial charge in [-0.25, -0.2) is 4.39 Å². The number of hydrogen-bond acceptors (Lipinski definition) is 4. The van der Waals surface area contributed by atoms with Crippen molar-refractivity contribution in [3.8, 4) is 11.4 Å². The number of nitrogens with one attached hydrogen (secondary N) is 1. The summed E-state index contributed by atoms with van der Waals surface area (Å²) in [6, 6.07) is 15.6. The number of carbonyl (C=O) groups excluding carboxylic acids is 1. The average Bonchev–Trinajstić information content (AvgIpc) is 3.09. The molecule has 0 aliphatic carbocycles. The molecule has 0 spiro atoms. The summed E-state index contributed by atoms with van der Waals surface area (Å²) in [5.41, 5.74) is 1.77. The first-order valence-corrected chi connectivity index (χ1v) is 7.60. The van der Waals surface area contributed by atoms with Gasteiger partial charge in [0.2, 0.25) is 17.6 Å². The molecule has 0 radical (unpaired) electrons. The van der Waals surface area contributed by atoms with Crippen LogP contribution >= 0.6 is 0 Å². The van der Waals surface area contributed by atoms with Crippen LogP contribution in [0, 0.1) is 5.82 Å². The first kappa shape index (κ1) is 15.9. The van der Waals surface area contributed by atoms with E-state index in [1.807, 2.05) is 30.3 Å².